The molecule has 0 N–H and O–H groups in total. The summed E-state index contributed by atoms with van der Waals surface area (Å²) in [6, 6.07) is 20.9. The summed E-state index contributed by atoms with van der Waals surface area (Å²) in [5, 5.41) is 0. The van der Waals surface area contributed by atoms with E-state index in [1.165, 1.54) is 16.7 Å². The summed E-state index contributed by atoms with van der Waals surface area (Å²) in [4.78, 5) is 0. The van der Waals surface area contributed by atoms with Crippen molar-refractivity contribution >= 4 is 5.57 Å². The fourth-order valence-electron chi connectivity index (χ4n) is 2.14. The van der Waals surface area contributed by atoms with E-state index in [-0.39, 0.29) is 0 Å². The van der Waals surface area contributed by atoms with E-state index in [9.17, 15) is 0 Å². The lowest BCUT2D eigenvalue weighted by Gasteiger charge is -2.12. The Hall–Kier alpha value is -2.02. The highest BCUT2D eigenvalue weighted by atomic mass is 16.5. The van der Waals surface area contributed by atoms with Crippen molar-refractivity contribution in [3.63, 3.8) is 0 Å². The molecule has 104 valence electrons. The number of benzene rings is 2. The molecular weight excluding hydrogens is 244 g/mol. The Bertz CT molecular complexity index is 526. The van der Waals surface area contributed by atoms with Crippen LogP contribution in [0.25, 0.3) is 5.57 Å². The highest BCUT2D eigenvalue weighted by molar-refractivity contribution is 5.65. The third-order valence-corrected chi connectivity index (χ3v) is 3.29. The van der Waals surface area contributed by atoms with Crippen LogP contribution < -0.4 is 0 Å². The molecular formula is C19H22O. The van der Waals surface area contributed by atoms with Gasteiger partial charge in [0.15, 0.2) is 0 Å². The molecule has 0 spiro atoms. The van der Waals surface area contributed by atoms with Gasteiger partial charge in [0.25, 0.3) is 0 Å². The highest BCUT2D eigenvalue weighted by Gasteiger charge is 2.06. The van der Waals surface area contributed by atoms with Crippen LogP contribution in [0.1, 0.15) is 25.0 Å². The van der Waals surface area contributed by atoms with Gasteiger partial charge in [-0.1, -0.05) is 74.5 Å². The van der Waals surface area contributed by atoms with Crippen molar-refractivity contribution < 1.29 is 4.74 Å². The summed E-state index contributed by atoms with van der Waals surface area (Å²) < 4.78 is 5.75. The van der Waals surface area contributed by atoms with Gasteiger partial charge in [0.1, 0.15) is 0 Å². The number of hydrogen-bond donors (Lipinski definition) is 0. The average molecular weight is 266 g/mol. The molecule has 0 amide bonds. The third kappa shape index (κ3) is 4.27. The van der Waals surface area contributed by atoms with Crippen LogP contribution in [0, 0.1) is 5.92 Å². The molecule has 0 unspecified atom stereocenters. The van der Waals surface area contributed by atoms with E-state index in [0.717, 1.165) is 6.42 Å². The second-order valence-electron chi connectivity index (χ2n) is 5.20. The third-order valence-electron chi connectivity index (χ3n) is 3.29. The maximum atomic E-state index is 5.75. The minimum absolute atomic E-state index is 0.453. The van der Waals surface area contributed by atoms with Crippen molar-refractivity contribution in [3.8, 4) is 0 Å². The monoisotopic (exact) mass is 266 g/mol. The molecule has 0 aliphatic carbocycles. The molecule has 1 nitrogen and oxygen atoms in total. The molecule has 0 atom stereocenters. The zero-order chi connectivity index (χ0) is 14.2. The molecule has 0 radical (unpaired) electrons. The van der Waals surface area contributed by atoms with Crippen molar-refractivity contribution in [1.82, 2.24) is 0 Å². The second-order valence-corrected chi connectivity index (χ2v) is 5.20. The van der Waals surface area contributed by atoms with Gasteiger partial charge in [0.05, 0.1) is 12.9 Å². The molecule has 0 saturated carbocycles. The summed E-state index contributed by atoms with van der Waals surface area (Å²) >= 11 is 0. The fourth-order valence-corrected chi connectivity index (χ4v) is 2.14. The first kappa shape index (κ1) is 14.4. The van der Waals surface area contributed by atoms with E-state index < -0.39 is 0 Å². The normalized spacial score (nSPS) is 11.7. The van der Waals surface area contributed by atoms with E-state index in [0.29, 0.717) is 12.5 Å². The zero-order valence-corrected chi connectivity index (χ0v) is 12.3. The summed E-state index contributed by atoms with van der Waals surface area (Å²) in [6.07, 6.45) is 2.86. The molecule has 2 rings (SSSR count). The van der Waals surface area contributed by atoms with Crippen LogP contribution in [0.15, 0.2) is 66.9 Å². The maximum absolute atomic E-state index is 5.75. The maximum Gasteiger partial charge on any atom is 0.0913 e. The minimum Gasteiger partial charge on any atom is -0.501 e. The van der Waals surface area contributed by atoms with E-state index in [1.54, 1.807) is 0 Å². The first-order valence-corrected chi connectivity index (χ1v) is 7.18. The number of hydrogen-bond acceptors (Lipinski definition) is 1. The number of allylic oxidation sites excluding steroid dienone is 1. The molecule has 0 saturated heterocycles. The van der Waals surface area contributed by atoms with Gasteiger partial charge in [0, 0.05) is 6.42 Å². The first-order valence-electron chi connectivity index (χ1n) is 7.18. The highest BCUT2D eigenvalue weighted by Crippen LogP contribution is 2.22. The average Bonchev–Trinajstić information content (AvgIpc) is 2.49. The second kappa shape index (κ2) is 7.54. The van der Waals surface area contributed by atoms with Crippen LogP contribution in [-0.4, -0.2) is 6.61 Å². The smallest absolute Gasteiger partial charge is 0.0913 e. The lowest BCUT2D eigenvalue weighted by Crippen LogP contribution is -1.98. The summed E-state index contributed by atoms with van der Waals surface area (Å²) in [5.74, 6) is 0.453. The van der Waals surface area contributed by atoms with Crippen LogP contribution in [-0.2, 0) is 11.2 Å². The largest absolute Gasteiger partial charge is 0.501 e. The number of rotatable bonds is 6. The van der Waals surface area contributed by atoms with E-state index in [1.807, 2.05) is 18.4 Å². The van der Waals surface area contributed by atoms with Crippen LogP contribution in [0.3, 0.4) is 0 Å². The SMILES string of the molecule is CC(C)C(=COCCc1ccccc1)c1ccccc1. The molecule has 20 heavy (non-hydrogen) atoms. The predicted octanol–water partition coefficient (Wildman–Crippen LogP) is 4.94. The molecule has 0 bridgehead atoms. The van der Waals surface area contributed by atoms with Gasteiger partial charge >= 0.3 is 0 Å². The van der Waals surface area contributed by atoms with Gasteiger partial charge in [-0.25, -0.2) is 0 Å². The van der Waals surface area contributed by atoms with Gasteiger partial charge in [-0.3, -0.25) is 0 Å². The Morgan fingerprint density at radius 3 is 2.15 bits per heavy atom. The van der Waals surface area contributed by atoms with Crippen molar-refractivity contribution in [2.45, 2.75) is 20.3 Å². The molecule has 0 fully saturated rings. The molecule has 0 heterocycles. The van der Waals surface area contributed by atoms with E-state index in [4.69, 9.17) is 4.74 Å². The standard InChI is InChI=1S/C19H22O/c1-16(2)19(18-11-7-4-8-12-18)15-20-14-13-17-9-5-3-6-10-17/h3-12,15-16H,13-14H2,1-2H3. The molecule has 1 heteroatoms. The van der Waals surface area contributed by atoms with E-state index in [2.05, 4.69) is 62.4 Å². The lowest BCUT2D eigenvalue weighted by atomic mass is 9.97. The van der Waals surface area contributed by atoms with Crippen LogP contribution in [0.2, 0.25) is 0 Å². The quantitative estimate of drug-likeness (QED) is 0.531. The van der Waals surface area contributed by atoms with Crippen molar-refractivity contribution in [3.05, 3.63) is 78.1 Å². The van der Waals surface area contributed by atoms with Gasteiger partial charge in [-0.2, -0.15) is 0 Å². The summed E-state index contributed by atoms with van der Waals surface area (Å²) in [5.41, 5.74) is 3.80. The van der Waals surface area contributed by atoms with Crippen LogP contribution in [0.5, 0.6) is 0 Å². The van der Waals surface area contributed by atoms with E-state index >= 15 is 0 Å². The van der Waals surface area contributed by atoms with Crippen LogP contribution >= 0.6 is 0 Å². The Kier molecular flexibility index (Phi) is 5.43. The first-order chi connectivity index (χ1) is 9.77. The molecule has 0 aromatic heterocycles. The fraction of sp³-hybridized carbons (Fsp3) is 0.263. The van der Waals surface area contributed by atoms with Gasteiger partial charge < -0.3 is 4.74 Å². The van der Waals surface area contributed by atoms with Crippen molar-refractivity contribution in [2.75, 3.05) is 6.61 Å². The van der Waals surface area contributed by atoms with Crippen molar-refractivity contribution in [2.24, 2.45) is 5.92 Å². The van der Waals surface area contributed by atoms with Gasteiger partial charge in [0.2, 0.25) is 0 Å². The Balaban J connectivity index is 1.94. The zero-order valence-electron chi connectivity index (χ0n) is 12.3. The minimum atomic E-state index is 0.453. The molecule has 2 aromatic rings. The topological polar surface area (TPSA) is 9.23 Å². The van der Waals surface area contributed by atoms with Gasteiger partial charge in [-0.15, -0.1) is 0 Å². The molecule has 2 aromatic carbocycles. The van der Waals surface area contributed by atoms with Crippen molar-refractivity contribution in [1.29, 1.82) is 0 Å². The van der Waals surface area contributed by atoms with Crippen LogP contribution in [0.4, 0.5) is 0 Å². The lowest BCUT2D eigenvalue weighted by molar-refractivity contribution is 0.253. The number of ether oxygens (including phenoxy) is 1. The Morgan fingerprint density at radius 1 is 0.950 bits per heavy atom. The summed E-state index contributed by atoms with van der Waals surface area (Å²) in [6.45, 7) is 5.10. The predicted molar refractivity (Wildman–Crippen MR) is 85.4 cm³/mol. The molecule has 0 aliphatic heterocycles. The van der Waals surface area contributed by atoms with Gasteiger partial charge in [-0.05, 0) is 22.6 Å². The molecule has 0 aliphatic rings. The summed E-state index contributed by atoms with van der Waals surface area (Å²) in [7, 11) is 0. The Labute approximate surface area is 121 Å². The Morgan fingerprint density at radius 2 is 1.55 bits per heavy atom.